The van der Waals surface area contributed by atoms with Crippen molar-refractivity contribution in [2.75, 3.05) is 4.90 Å². The third-order valence-electron chi connectivity index (χ3n) is 4.45. The molecule has 0 spiro atoms. The summed E-state index contributed by atoms with van der Waals surface area (Å²) in [6.45, 7) is 0. The van der Waals surface area contributed by atoms with E-state index in [0.29, 0.717) is 47.6 Å². The highest BCUT2D eigenvalue weighted by atomic mass is 35.5. The molecule has 0 saturated carbocycles. The molecule has 2 aromatic carbocycles. The quantitative estimate of drug-likeness (QED) is 0.335. The molecular weight excluding hydrogens is 477 g/mol. The van der Waals surface area contributed by atoms with E-state index < -0.39 is 5.97 Å². The summed E-state index contributed by atoms with van der Waals surface area (Å²) in [7, 11) is 0. The summed E-state index contributed by atoms with van der Waals surface area (Å²) in [6, 6.07) is 15.3. The number of carboxylic acid groups (broad SMARTS) is 1. The van der Waals surface area contributed by atoms with Crippen molar-refractivity contribution in [3.8, 4) is 11.3 Å². The summed E-state index contributed by atoms with van der Waals surface area (Å²) in [5, 5.41) is 9.82. The number of furan rings is 1. The minimum absolute atomic E-state index is 0.0884. The lowest BCUT2D eigenvalue weighted by atomic mass is 10.1. The molecule has 0 atom stereocenters. The summed E-state index contributed by atoms with van der Waals surface area (Å²) in [4.78, 5) is 25.6. The number of carboxylic acids is 1. The van der Waals surface area contributed by atoms with Crippen molar-refractivity contribution >= 4 is 75.1 Å². The van der Waals surface area contributed by atoms with Gasteiger partial charge < -0.3 is 9.52 Å². The first kappa shape index (κ1) is 21.6. The first-order valence-electron chi connectivity index (χ1n) is 8.96. The fourth-order valence-corrected chi connectivity index (χ4v) is 4.92. The number of aliphatic carboxylic acids is 1. The van der Waals surface area contributed by atoms with Gasteiger partial charge in [0.2, 0.25) is 0 Å². The molecule has 31 heavy (non-hydrogen) atoms. The molecule has 1 aliphatic heterocycles. The normalized spacial score (nSPS) is 15.2. The van der Waals surface area contributed by atoms with Gasteiger partial charge in [0.05, 0.1) is 32.6 Å². The van der Waals surface area contributed by atoms with Crippen molar-refractivity contribution in [2.24, 2.45) is 0 Å². The Kier molecular flexibility index (Phi) is 6.20. The highest BCUT2D eigenvalue weighted by Gasteiger charge is 2.33. The van der Waals surface area contributed by atoms with Crippen LogP contribution in [-0.4, -0.2) is 21.3 Å². The van der Waals surface area contributed by atoms with E-state index in [1.54, 1.807) is 60.7 Å². The molecule has 1 aliphatic rings. The van der Waals surface area contributed by atoms with Crippen LogP contribution in [-0.2, 0) is 16.0 Å². The summed E-state index contributed by atoms with van der Waals surface area (Å²) in [5.74, 6) is -0.249. The molecule has 0 bridgehead atoms. The topological polar surface area (TPSA) is 70.8 Å². The van der Waals surface area contributed by atoms with Crippen LogP contribution < -0.4 is 4.90 Å². The molecule has 0 aliphatic carbocycles. The number of anilines is 1. The molecule has 156 valence electrons. The second-order valence-electron chi connectivity index (χ2n) is 6.55. The summed E-state index contributed by atoms with van der Waals surface area (Å²) in [6.07, 6.45) is 1.53. The molecule has 9 heteroatoms. The predicted octanol–water partition coefficient (Wildman–Crippen LogP) is 6.29. The number of carbonyl (C=O) groups excluding carboxylic acids is 1. The van der Waals surface area contributed by atoms with Gasteiger partial charge in [0, 0.05) is 6.08 Å². The van der Waals surface area contributed by atoms with Gasteiger partial charge in [-0.05, 0) is 42.0 Å². The molecule has 1 amide bonds. The van der Waals surface area contributed by atoms with Gasteiger partial charge in [-0.15, -0.1) is 0 Å². The fraction of sp³-hybridized carbons (Fsp3) is 0.0455. The molecule has 2 heterocycles. The second kappa shape index (κ2) is 8.88. The van der Waals surface area contributed by atoms with Gasteiger partial charge >= 0.3 is 5.97 Å². The monoisotopic (exact) mass is 489 g/mol. The van der Waals surface area contributed by atoms with E-state index in [2.05, 4.69) is 0 Å². The maximum absolute atomic E-state index is 12.9. The van der Waals surface area contributed by atoms with Crippen LogP contribution in [0, 0.1) is 0 Å². The molecule has 1 aromatic heterocycles. The van der Waals surface area contributed by atoms with Crippen LogP contribution in [0.3, 0.4) is 0 Å². The van der Waals surface area contributed by atoms with E-state index in [1.807, 2.05) is 0 Å². The Balaban J connectivity index is 1.58. The molecule has 5 nitrogen and oxygen atoms in total. The number of nitrogens with zero attached hydrogens (tertiary/aromatic N) is 1. The summed E-state index contributed by atoms with van der Waals surface area (Å²) >= 11 is 19.0. The van der Waals surface area contributed by atoms with Crippen LogP contribution >= 0.6 is 47.2 Å². The van der Waals surface area contributed by atoms with Crippen molar-refractivity contribution < 1.29 is 19.1 Å². The van der Waals surface area contributed by atoms with E-state index in [0.717, 1.165) is 11.8 Å². The van der Waals surface area contributed by atoms with Gasteiger partial charge in [0.25, 0.3) is 5.91 Å². The average molecular weight is 490 g/mol. The van der Waals surface area contributed by atoms with E-state index >= 15 is 0 Å². The third kappa shape index (κ3) is 4.55. The van der Waals surface area contributed by atoms with Crippen molar-refractivity contribution in [3.05, 3.63) is 80.9 Å². The van der Waals surface area contributed by atoms with Crippen LogP contribution in [0.4, 0.5) is 5.69 Å². The second-order valence-corrected chi connectivity index (χ2v) is 9.04. The zero-order valence-electron chi connectivity index (χ0n) is 15.7. The summed E-state index contributed by atoms with van der Waals surface area (Å²) in [5.41, 5.74) is 1.79. The molecule has 1 N–H and O–H groups in total. The van der Waals surface area contributed by atoms with Crippen LogP contribution in [0.25, 0.3) is 17.4 Å². The first-order valence-corrected chi connectivity index (χ1v) is 10.9. The van der Waals surface area contributed by atoms with E-state index in [1.165, 1.54) is 4.90 Å². The van der Waals surface area contributed by atoms with Crippen LogP contribution in [0.5, 0.6) is 0 Å². The number of hydrogen-bond donors (Lipinski definition) is 1. The molecule has 0 radical (unpaired) electrons. The van der Waals surface area contributed by atoms with Crippen molar-refractivity contribution in [2.45, 2.75) is 6.42 Å². The van der Waals surface area contributed by atoms with Crippen LogP contribution in [0.15, 0.2) is 63.9 Å². The smallest absolute Gasteiger partial charge is 0.307 e. The molecule has 1 fully saturated rings. The summed E-state index contributed by atoms with van der Waals surface area (Å²) < 4.78 is 6.22. The Morgan fingerprint density at radius 3 is 2.42 bits per heavy atom. The minimum Gasteiger partial charge on any atom is -0.481 e. The lowest BCUT2D eigenvalue weighted by Gasteiger charge is -2.14. The zero-order chi connectivity index (χ0) is 22.1. The molecule has 0 unspecified atom stereocenters. The van der Waals surface area contributed by atoms with E-state index in [9.17, 15) is 9.59 Å². The largest absolute Gasteiger partial charge is 0.481 e. The Morgan fingerprint density at radius 2 is 1.77 bits per heavy atom. The van der Waals surface area contributed by atoms with Crippen molar-refractivity contribution in [1.29, 1.82) is 0 Å². The van der Waals surface area contributed by atoms with Gasteiger partial charge in [0.15, 0.2) is 4.32 Å². The maximum atomic E-state index is 12.9. The number of hydrogen-bond acceptors (Lipinski definition) is 5. The highest BCUT2D eigenvalue weighted by molar-refractivity contribution is 8.27. The first-order chi connectivity index (χ1) is 14.8. The fourth-order valence-electron chi connectivity index (χ4n) is 3.06. The highest BCUT2D eigenvalue weighted by Crippen LogP contribution is 2.38. The minimum atomic E-state index is -0.919. The van der Waals surface area contributed by atoms with Gasteiger partial charge in [-0.3, -0.25) is 14.5 Å². The molecule has 1 saturated heterocycles. The lowest BCUT2D eigenvalue weighted by Crippen LogP contribution is -2.27. The molecule has 3 aromatic rings. The molecular formula is C22H13Cl2NO4S2. The van der Waals surface area contributed by atoms with Crippen molar-refractivity contribution in [3.63, 3.8) is 0 Å². The lowest BCUT2D eigenvalue weighted by molar-refractivity contribution is -0.136. The number of amides is 1. The number of thiocarbonyl (C=S) groups is 1. The Labute approximate surface area is 197 Å². The van der Waals surface area contributed by atoms with Crippen LogP contribution in [0.2, 0.25) is 10.0 Å². The predicted molar refractivity (Wildman–Crippen MR) is 128 cm³/mol. The van der Waals surface area contributed by atoms with E-state index in [4.69, 9.17) is 44.9 Å². The Hall–Kier alpha value is -2.58. The standard InChI is InChI=1S/C22H13Cl2NO4S2/c23-15-2-1-3-16(24)20(15)17-9-8-14(29-17)11-18-21(28)25(22(30)31-18)13-6-4-12(5-7-13)10-19(26)27/h1-9,11H,10H2,(H,26,27)/b18-11+. The average Bonchev–Trinajstić information content (AvgIpc) is 3.27. The zero-order valence-corrected chi connectivity index (χ0v) is 18.8. The number of benzene rings is 2. The Morgan fingerprint density at radius 1 is 1.10 bits per heavy atom. The number of carbonyl (C=O) groups is 2. The third-order valence-corrected chi connectivity index (χ3v) is 6.38. The number of rotatable bonds is 5. The van der Waals surface area contributed by atoms with Crippen molar-refractivity contribution in [1.82, 2.24) is 0 Å². The SMILES string of the molecule is O=C(O)Cc1ccc(N2C(=O)/C(=C\c3ccc(-c4c(Cl)cccc4Cl)o3)SC2=S)cc1. The number of thioether (sulfide) groups is 1. The van der Waals surface area contributed by atoms with Gasteiger partial charge in [0.1, 0.15) is 11.5 Å². The van der Waals surface area contributed by atoms with E-state index in [-0.39, 0.29) is 12.3 Å². The van der Waals surface area contributed by atoms with Crippen LogP contribution in [0.1, 0.15) is 11.3 Å². The maximum Gasteiger partial charge on any atom is 0.307 e. The van der Waals surface area contributed by atoms with Gasteiger partial charge in [-0.1, -0.05) is 65.4 Å². The van der Waals surface area contributed by atoms with Gasteiger partial charge in [-0.25, -0.2) is 0 Å². The number of halogens is 2. The molecule has 4 rings (SSSR count). The Bertz CT molecular complexity index is 1210. The van der Waals surface area contributed by atoms with Gasteiger partial charge in [-0.2, -0.15) is 0 Å².